The number of carbonyl (C=O) groups is 3. The number of hydrogen-bond acceptors (Lipinski definition) is 7. The standard InChI is InChI=1S/C18H25NO7S/c1-5-8-27(23,24)12(4)16(20)19-15-10-13(17(21)25-6-2)9-14(11-15)18(22)26-7-3/h9-12H,5-8H2,1-4H3,(H,19,20). The van der Waals surface area contributed by atoms with E-state index in [1.54, 1.807) is 20.8 Å². The number of esters is 2. The molecule has 0 bridgehead atoms. The van der Waals surface area contributed by atoms with Gasteiger partial charge in [-0.05, 0) is 45.4 Å². The Bertz CT molecular complexity index is 766. The molecule has 0 spiro atoms. The number of anilines is 1. The zero-order valence-electron chi connectivity index (χ0n) is 15.9. The van der Waals surface area contributed by atoms with Gasteiger partial charge in [0, 0.05) is 5.69 Å². The molecule has 1 aromatic rings. The topological polar surface area (TPSA) is 116 Å². The number of amides is 1. The van der Waals surface area contributed by atoms with E-state index < -0.39 is 32.9 Å². The SMILES string of the molecule is CCCS(=O)(=O)C(C)C(=O)Nc1cc(C(=O)OCC)cc(C(=O)OCC)c1. The van der Waals surface area contributed by atoms with E-state index in [2.05, 4.69) is 5.32 Å². The van der Waals surface area contributed by atoms with E-state index in [4.69, 9.17) is 9.47 Å². The minimum Gasteiger partial charge on any atom is -0.462 e. The van der Waals surface area contributed by atoms with Crippen LogP contribution >= 0.6 is 0 Å². The smallest absolute Gasteiger partial charge is 0.338 e. The number of ether oxygens (including phenoxy) is 2. The predicted octanol–water partition coefficient (Wildman–Crippen LogP) is 2.19. The number of sulfone groups is 1. The van der Waals surface area contributed by atoms with Crippen molar-refractivity contribution in [1.29, 1.82) is 0 Å². The zero-order chi connectivity index (χ0) is 20.6. The van der Waals surface area contributed by atoms with Crippen LogP contribution in [-0.4, -0.2) is 50.5 Å². The summed E-state index contributed by atoms with van der Waals surface area (Å²) in [5, 5.41) is 1.18. The molecule has 0 radical (unpaired) electrons. The molecule has 9 heteroatoms. The van der Waals surface area contributed by atoms with Crippen molar-refractivity contribution in [2.75, 3.05) is 24.3 Å². The quantitative estimate of drug-likeness (QED) is 0.633. The fourth-order valence-electron chi connectivity index (χ4n) is 2.23. The second-order valence-electron chi connectivity index (χ2n) is 5.74. The van der Waals surface area contributed by atoms with E-state index in [1.807, 2.05) is 0 Å². The summed E-state index contributed by atoms with van der Waals surface area (Å²) in [4.78, 5) is 36.3. The highest BCUT2D eigenvalue weighted by atomic mass is 32.2. The lowest BCUT2D eigenvalue weighted by atomic mass is 10.1. The van der Waals surface area contributed by atoms with Crippen LogP contribution in [-0.2, 0) is 24.1 Å². The Morgan fingerprint density at radius 3 is 1.85 bits per heavy atom. The van der Waals surface area contributed by atoms with E-state index in [0.29, 0.717) is 6.42 Å². The monoisotopic (exact) mass is 399 g/mol. The number of hydrogen-bond donors (Lipinski definition) is 1. The van der Waals surface area contributed by atoms with Crippen LogP contribution in [0.1, 0.15) is 54.8 Å². The molecule has 0 saturated heterocycles. The Morgan fingerprint density at radius 2 is 1.44 bits per heavy atom. The molecule has 150 valence electrons. The average Bonchev–Trinajstić information content (AvgIpc) is 2.61. The molecule has 1 atom stereocenters. The molecule has 0 fully saturated rings. The summed E-state index contributed by atoms with van der Waals surface area (Å²) in [6, 6.07) is 3.93. The van der Waals surface area contributed by atoms with Gasteiger partial charge in [-0.15, -0.1) is 0 Å². The normalized spacial score (nSPS) is 12.1. The molecule has 1 rings (SSSR count). The van der Waals surface area contributed by atoms with Crippen LogP contribution in [0.3, 0.4) is 0 Å². The summed E-state index contributed by atoms with van der Waals surface area (Å²) in [6.07, 6.45) is 0.394. The Labute approximate surface area is 159 Å². The van der Waals surface area contributed by atoms with Crippen molar-refractivity contribution in [2.24, 2.45) is 0 Å². The lowest BCUT2D eigenvalue weighted by molar-refractivity contribution is -0.115. The molecule has 0 aliphatic heterocycles. The highest BCUT2D eigenvalue weighted by Gasteiger charge is 2.27. The summed E-state index contributed by atoms with van der Waals surface area (Å²) >= 11 is 0. The third kappa shape index (κ3) is 6.35. The molecule has 0 aliphatic carbocycles. The summed E-state index contributed by atoms with van der Waals surface area (Å²) in [6.45, 7) is 6.54. The maximum Gasteiger partial charge on any atom is 0.338 e. The maximum absolute atomic E-state index is 12.3. The predicted molar refractivity (Wildman–Crippen MR) is 101 cm³/mol. The van der Waals surface area contributed by atoms with Crippen LogP contribution < -0.4 is 5.32 Å². The van der Waals surface area contributed by atoms with Crippen molar-refractivity contribution < 1.29 is 32.3 Å². The summed E-state index contributed by atoms with van der Waals surface area (Å²) < 4.78 is 34.0. The van der Waals surface area contributed by atoms with Gasteiger partial charge in [0.2, 0.25) is 5.91 Å². The number of carbonyl (C=O) groups excluding carboxylic acids is 3. The first-order chi connectivity index (χ1) is 12.7. The van der Waals surface area contributed by atoms with Crippen LogP contribution in [0.2, 0.25) is 0 Å². The summed E-state index contributed by atoms with van der Waals surface area (Å²) in [7, 11) is -3.60. The van der Waals surface area contributed by atoms with Crippen molar-refractivity contribution in [1.82, 2.24) is 0 Å². The lowest BCUT2D eigenvalue weighted by Gasteiger charge is -2.14. The molecular weight excluding hydrogens is 374 g/mol. The molecule has 1 amide bonds. The summed E-state index contributed by atoms with van der Waals surface area (Å²) in [5.41, 5.74) is 0.190. The Morgan fingerprint density at radius 1 is 0.963 bits per heavy atom. The largest absolute Gasteiger partial charge is 0.462 e. The van der Waals surface area contributed by atoms with Gasteiger partial charge in [0.25, 0.3) is 0 Å². The zero-order valence-corrected chi connectivity index (χ0v) is 16.7. The van der Waals surface area contributed by atoms with Crippen molar-refractivity contribution >= 4 is 33.4 Å². The molecule has 27 heavy (non-hydrogen) atoms. The molecule has 0 aromatic heterocycles. The summed E-state index contributed by atoms with van der Waals surface area (Å²) in [5.74, 6) is -2.21. The minimum atomic E-state index is -3.60. The molecule has 1 aromatic carbocycles. The van der Waals surface area contributed by atoms with Gasteiger partial charge in [0.15, 0.2) is 9.84 Å². The van der Waals surface area contributed by atoms with Gasteiger partial charge in [0.05, 0.1) is 30.1 Å². The molecule has 1 N–H and O–H groups in total. The van der Waals surface area contributed by atoms with Crippen molar-refractivity contribution in [3.05, 3.63) is 29.3 Å². The van der Waals surface area contributed by atoms with Gasteiger partial charge >= 0.3 is 11.9 Å². The van der Waals surface area contributed by atoms with Gasteiger partial charge in [0.1, 0.15) is 5.25 Å². The maximum atomic E-state index is 12.3. The Balaban J connectivity index is 3.19. The van der Waals surface area contributed by atoms with Crippen LogP contribution in [0.4, 0.5) is 5.69 Å². The molecular formula is C18H25NO7S. The van der Waals surface area contributed by atoms with Crippen molar-refractivity contribution in [3.63, 3.8) is 0 Å². The van der Waals surface area contributed by atoms with E-state index in [1.165, 1.54) is 25.1 Å². The van der Waals surface area contributed by atoms with Gasteiger partial charge < -0.3 is 14.8 Å². The molecule has 0 aliphatic rings. The molecule has 1 unspecified atom stereocenters. The first-order valence-corrected chi connectivity index (χ1v) is 10.4. The van der Waals surface area contributed by atoms with E-state index in [0.717, 1.165) is 0 Å². The van der Waals surface area contributed by atoms with Crippen LogP contribution in [0, 0.1) is 0 Å². The highest BCUT2D eigenvalue weighted by molar-refractivity contribution is 7.92. The van der Waals surface area contributed by atoms with Crippen molar-refractivity contribution in [3.8, 4) is 0 Å². The molecule has 0 saturated carbocycles. The van der Waals surface area contributed by atoms with Gasteiger partial charge in [-0.3, -0.25) is 4.79 Å². The van der Waals surface area contributed by atoms with Crippen LogP contribution in [0.5, 0.6) is 0 Å². The Hall–Kier alpha value is -2.42. The minimum absolute atomic E-state index is 0.0433. The first kappa shape index (κ1) is 22.6. The van der Waals surface area contributed by atoms with E-state index in [9.17, 15) is 22.8 Å². The van der Waals surface area contributed by atoms with Crippen LogP contribution in [0.15, 0.2) is 18.2 Å². The van der Waals surface area contributed by atoms with Crippen molar-refractivity contribution in [2.45, 2.75) is 39.4 Å². The molecule has 8 nitrogen and oxygen atoms in total. The lowest BCUT2D eigenvalue weighted by Crippen LogP contribution is -2.34. The second kappa shape index (κ2) is 10.1. The second-order valence-corrected chi connectivity index (χ2v) is 8.18. The number of rotatable bonds is 9. The highest BCUT2D eigenvalue weighted by Crippen LogP contribution is 2.18. The van der Waals surface area contributed by atoms with Gasteiger partial charge in [-0.1, -0.05) is 6.92 Å². The first-order valence-electron chi connectivity index (χ1n) is 8.68. The van der Waals surface area contributed by atoms with E-state index in [-0.39, 0.29) is 35.8 Å². The van der Waals surface area contributed by atoms with Gasteiger partial charge in [-0.25, -0.2) is 18.0 Å². The Kier molecular flexibility index (Phi) is 8.42. The third-order valence-corrected chi connectivity index (χ3v) is 5.89. The van der Waals surface area contributed by atoms with Gasteiger partial charge in [-0.2, -0.15) is 0 Å². The number of nitrogens with one attached hydrogen (secondary N) is 1. The number of benzene rings is 1. The third-order valence-electron chi connectivity index (χ3n) is 3.62. The fraction of sp³-hybridized carbons (Fsp3) is 0.500. The van der Waals surface area contributed by atoms with E-state index >= 15 is 0 Å². The molecule has 0 heterocycles. The average molecular weight is 399 g/mol. The fourth-order valence-corrected chi connectivity index (χ4v) is 3.54. The van der Waals surface area contributed by atoms with Crippen LogP contribution in [0.25, 0.3) is 0 Å².